The molecule has 1 aliphatic carbocycles. The minimum Gasteiger partial charge on any atom is -0.382 e. The number of H-pyrrole nitrogens is 1. The van der Waals surface area contributed by atoms with Crippen molar-refractivity contribution in [3.63, 3.8) is 0 Å². The Labute approximate surface area is 133 Å². The summed E-state index contributed by atoms with van der Waals surface area (Å²) in [5, 5.41) is 4.74. The van der Waals surface area contributed by atoms with Crippen LogP contribution in [0.5, 0.6) is 0 Å². The van der Waals surface area contributed by atoms with Crippen molar-refractivity contribution in [2.45, 2.75) is 31.7 Å². The molecule has 1 aromatic carbocycles. The molecule has 0 saturated heterocycles. The number of nitrogens with zero attached hydrogens (tertiary/aromatic N) is 2. The van der Waals surface area contributed by atoms with Crippen molar-refractivity contribution in [3.05, 3.63) is 64.5 Å². The normalized spacial score (nSPS) is 20.2. The Kier molecular flexibility index (Phi) is 3.33. The van der Waals surface area contributed by atoms with Crippen LogP contribution < -0.4 is 10.9 Å². The number of anilines is 1. The first-order valence-electron chi connectivity index (χ1n) is 7.87. The van der Waals surface area contributed by atoms with Crippen LogP contribution in [-0.4, -0.2) is 21.0 Å². The highest BCUT2D eigenvalue weighted by Gasteiger charge is 2.31. The molecular weight excluding hydrogens is 288 g/mol. The number of aromatic nitrogens is 3. The molecule has 23 heavy (non-hydrogen) atoms. The van der Waals surface area contributed by atoms with Crippen LogP contribution in [0.4, 0.5) is 5.69 Å². The Morgan fingerprint density at radius 1 is 1.22 bits per heavy atom. The molecule has 1 saturated carbocycles. The number of hydrogen-bond donors (Lipinski definition) is 2. The maximum atomic E-state index is 11.6. The van der Waals surface area contributed by atoms with E-state index >= 15 is 0 Å². The third-order valence-corrected chi connectivity index (χ3v) is 4.44. The van der Waals surface area contributed by atoms with Gasteiger partial charge in [-0.1, -0.05) is 18.2 Å². The Morgan fingerprint density at radius 3 is 2.87 bits per heavy atom. The number of fused-ring (bicyclic) bond motifs is 1. The second-order valence-corrected chi connectivity index (χ2v) is 6.14. The number of rotatable bonds is 3. The zero-order valence-corrected chi connectivity index (χ0v) is 12.9. The molecule has 0 aliphatic heterocycles. The van der Waals surface area contributed by atoms with E-state index < -0.39 is 0 Å². The van der Waals surface area contributed by atoms with Crippen LogP contribution in [0, 0.1) is 6.92 Å². The van der Waals surface area contributed by atoms with E-state index in [0.29, 0.717) is 17.8 Å². The summed E-state index contributed by atoms with van der Waals surface area (Å²) in [6.45, 7) is 1.82. The predicted octanol–water partition coefficient (Wildman–Crippen LogP) is 2.98. The van der Waals surface area contributed by atoms with E-state index in [9.17, 15) is 4.79 Å². The van der Waals surface area contributed by atoms with Gasteiger partial charge < -0.3 is 10.3 Å². The van der Waals surface area contributed by atoms with E-state index in [0.717, 1.165) is 35.1 Å². The van der Waals surface area contributed by atoms with E-state index in [2.05, 4.69) is 26.3 Å². The van der Waals surface area contributed by atoms with Gasteiger partial charge in [0.2, 0.25) is 0 Å². The number of nitrogens with one attached hydrogen (secondary N) is 2. The van der Waals surface area contributed by atoms with Crippen LogP contribution in [0.25, 0.3) is 10.9 Å². The molecule has 2 aromatic heterocycles. The average Bonchev–Trinajstić information content (AvgIpc) is 2.49. The molecule has 1 aliphatic rings. The third kappa shape index (κ3) is 2.70. The van der Waals surface area contributed by atoms with Crippen LogP contribution in [0.2, 0.25) is 0 Å². The average molecular weight is 306 g/mol. The highest BCUT2D eigenvalue weighted by atomic mass is 16.1. The van der Waals surface area contributed by atoms with Gasteiger partial charge in [0.1, 0.15) is 5.82 Å². The van der Waals surface area contributed by atoms with E-state index in [1.807, 2.05) is 37.4 Å². The van der Waals surface area contributed by atoms with Gasteiger partial charge in [0.05, 0.1) is 11.2 Å². The minimum atomic E-state index is -0.0657. The zero-order valence-electron chi connectivity index (χ0n) is 12.9. The molecule has 2 heterocycles. The number of benzene rings is 1. The van der Waals surface area contributed by atoms with Crippen molar-refractivity contribution in [3.8, 4) is 0 Å². The first kappa shape index (κ1) is 13.9. The number of pyridine rings is 1. The molecule has 0 radical (unpaired) electrons. The summed E-state index contributed by atoms with van der Waals surface area (Å²) in [7, 11) is 0. The van der Waals surface area contributed by atoms with Crippen molar-refractivity contribution in [1.82, 2.24) is 15.0 Å². The third-order valence-electron chi connectivity index (χ3n) is 4.44. The summed E-state index contributed by atoms with van der Waals surface area (Å²) < 4.78 is 0. The highest BCUT2D eigenvalue weighted by molar-refractivity contribution is 5.91. The largest absolute Gasteiger partial charge is 0.382 e. The van der Waals surface area contributed by atoms with Crippen LogP contribution in [0.15, 0.2) is 47.4 Å². The lowest BCUT2D eigenvalue weighted by molar-refractivity contribution is 0.366. The van der Waals surface area contributed by atoms with E-state index in [1.165, 1.54) is 0 Å². The summed E-state index contributed by atoms with van der Waals surface area (Å²) in [5.41, 5.74) is 2.96. The topological polar surface area (TPSA) is 70.7 Å². The van der Waals surface area contributed by atoms with Crippen molar-refractivity contribution in [1.29, 1.82) is 0 Å². The molecule has 3 aromatic rings. The van der Waals surface area contributed by atoms with E-state index in [4.69, 9.17) is 0 Å². The molecule has 116 valence electrons. The lowest BCUT2D eigenvalue weighted by atomic mass is 9.78. The van der Waals surface area contributed by atoms with Gasteiger partial charge >= 0.3 is 0 Å². The van der Waals surface area contributed by atoms with Gasteiger partial charge in [-0.15, -0.1) is 0 Å². The van der Waals surface area contributed by atoms with Crippen molar-refractivity contribution < 1.29 is 0 Å². The summed E-state index contributed by atoms with van der Waals surface area (Å²) in [6.07, 6.45) is 3.82. The molecule has 2 N–H and O–H groups in total. The monoisotopic (exact) mass is 306 g/mol. The fourth-order valence-electron chi connectivity index (χ4n) is 3.23. The number of aryl methyl sites for hydroxylation is 1. The van der Waals surface area contributed by atoms with E-state index in [1.54, 1.807) is 6.07 Å². The second kappa shape index (κ2) is 5.50. The van der Waals surface area contributed by atoms with Gasteiger partial charge in [0, 0.05) is 35.3 Å². The Morgan fingerprint density at radius 2 is 2.04 bits per heavy atom. The summed E-state index contributed by atoms with van der Waals surface area (Å²) in [4.78, 5) is 23.1. The second-order valence-electron chi connectivity index (χ2n) is 6.14. The molecule has 1 fully saturated rings. The highest BCUT2D eigenvalue weighted by Crippen LogP contribution is 2.38. The number of para-hydroxylation sites is 1. The quantitative estimate of drug-likeness (QED) is 0.780. The molecule has 0 spiro atoms. The molecule has 0 atom stereocenters. The summed E-state index contributed by atoms with van der Waals surface area (Å²) in [5.74, 6) is 1.05. The molecule has 5 nitrogen and oxygen atoms in total. The fourth-order valence-corrected chi connectivity index (χ4v) is 3.23. The predicted molar refractivity (Wildman–Crippen MR) is 90.7 cm³/mol. The van der Waals surface area contributed by atoms with Crippen LogP contribution in [0.1, 0.15) is 30.3 Å². The number of hydrogen-bond acceptors (Lipinski definition) is 4. The summed E-state index contributed by atoms with van der Waals surface area (Å²) in [6, 6.07) is 12.2. The van der Waals surface area contributed by atoms with Gasteiger partial charge in [-0.25, -0.2) is 4.98 Å². The smallest absolute Gasteiger partial charge is 0.251 e. The maximum Gasteiger partial charge on any atom is 0.251 e. The Hall–Kier alpha value is -2.69. The maximum absolute atomic E-state index is 11.6. The van der Waals surface area contributed by atoms with Gasteiger partial charge in [-0.3, -0.25) is 9.78 Å². The number of aromatic amines is 1. The SMILES string of the molecule is Cc1nc(C2CC(Nc3ccnc4ccccc34)C2)cc(=O)[nH]1. The van der Waals surface area contributed by atoms with Gasteiger partial charge in [-0.2, -0.15) is 0 Å². The summed E-state index contributed by atoms with van der Waals surface area (Å²) >= 11 is 0. The van der Waals surface area contributed by atoms with Gasteiger partial charge in [-0.05, 0) is 31.9 Å². The molecular formula is C18H18N4O. The lowest BCUT2D eigenvalue weighted by Gasteiger charge is -2.36. The first-order chi connectivity index (χ1) is 11.2. The molecule has 0 bridgehead atoms. The first-order valence-corrected chi connectivity index (χ1v) is 7.87. The minimum absolute atomic E-state index is 0.0657. The van der Waals surface area contributed by atoms with Crippen LogP contribution in [-0.2, 0) is 0 Å². The zero-order chi connectivity index (χ0) is 15.8. The fraction of sp³-hybridized carbons (Fsp3) is 0.278. The molecule has 0 amide bonds. The van der Waals surface area contributed by atoms with Crippen molar-refractivity contribution in [2.75, 3.05) is 5.32 Å². The standard InChI is InChI=1S/C18H18N4O/c1-11-20-17(10-18(23)21-11)12-8-13(9-12)22-16-6-7-19-15-5-3-2-4-14(15)16/h2-7,10,12-13H,8-9H2,1H3,(H,19,22)(H,20,21,23). The lowest BCUT2D eigenvalue weighted by Crippen LogP contribution is -2.35. The van der Waals surface area contributed by atoms with Crippen LogP contribution in [0.3, 0.4) is 0 Å². The molecule has 5 heteroatoms. The van der Waals surface area contributed by atoms with E-state index in [-0.39, 0.29) is 5.56 Å². The molecule has 0 unspecified atom stereocenters. The van der Waals surface area contributed by atoms with Crippen LogP contribution >= 0.6 is 0 Å². The van der Waals surface area contributed by atoms with Crippen molar-refractivity contribution in [2.24, 2.45) is 0 Å². The van der Waals surface area contributed by atoms with Gasteiger partial charge in [0.15, 0.2) is 0 Å². The molecule has 4 rings (SSSR count). The van der Waals surface area contributed by atoms with Gasteiger partial charge in [0.25, 0.3) is 5.56 Å². The Bertz CT molecular complexity index is 907. The Balaban J connectivity index is 1.49. The van der Waals surface area contributed by atoms with Crippen molar-refractivity contribution >= 4 is 16.6 Å².